The van der Waals surface area contributed by atoms with Crippen LogP contribution in [0.15, 0.2) is 70.9 Å². The van der Waals surface area contributed by atoms with Crippen LogP contribution in [-0.2, 0) is 17.8 Å². The Morgan fingerprint density at radius 2 is 2.06 bits per heavy atom. The van der Waals surface area contributed by atoms with Gasteiger partial charge in [-0.15, -0.1) is 28.1 Å². The van der Waals surface area contributed by atoms with E-state index in [-0.39, 0.29) is 11.7 Å². The van der Waals surface area contributed by atoms with E-state index in [1.807, 2.05) is 47.9 Å². The molecule has 0 fully saturated rings. The lowest BCUT2D eigenvalue weighted by molar-refractivity contribution is -0.113. The van der Waals surface area contributed by atoms with Crippen molar-refractivity contribution in [1.29, 1.82) is 0 Å². The number of hydrogen-bond acceptors (Lipinski definition) is 6. The summed E-state index contributed by atoms with van der Waals surface area (Å²) in [5.74, 6) is 0.775. The number of aryl methyl sites for hydroxylation is 1. The molecule has 2 aromatic carbocycles. The maximum absolute atomic E-state index is 12.6. The smallest absolute Gasteiger partial charge is 0.236 e. The van der Waals surface area contributed by atoms with Crippen LogP contribution >= 0.6 is 50.6 Å². The highest BCUT2D eigenvalue weighted by atomic mass is 79.9. The number of aromatic nitrogens is 4. The van der Waals surface area contributed by atoms with Gasteiger partial charge in [0.15, 0.2) is 16.1 Å². The molecule has 6 nitrogen and oxygen atoms in total. The van der Waals surface area contributed by atoms with E-state index in [4.69, 9.17) is 11.6 Å². The van der Waals surface area contributed by atoms with Gasteiger partial charge in [-0.1, -0.05) is 69.6 Å². The van der Waals surface area contributed by atoms with E-state index >= 15 is 0 Å². The first-order valence-electron chi connectivity index (χ1n) is 10.4. The van der Waals surface area contributed by atoms with Crippen LogP contribution in [0.2, 0.25) is 5.02 Å². The van der Waals surface area contributed by atoms with Crippen molar-refractivity contribution in [3.8, 4) is 11.4 Å². The van der Waals surface area contributed by atoms with Gasteiger partial charge < -0.3 is 5.32 Å². The van der Waals surface area contributed by atoms with Crippen molar-refractivity contribution in [3.63, 3.8) is 0 Å². The summed E-state index contributed by atoms with van der Waals surface area (Å²) in [6.45, 7) is 6.35. The van der Waals surface area contributed by atoms with Gasteiger partial charge >= 0.3 is 0 Å². The molecule has 1 N–H and O–H groups in total. The van der Waals surface area contributed by atoms with Gasteiger partial charge in [0.1, 0.15) is 0 Å². The Balaban J connectivity index is 1.37. The Bertz CT molecular complexity index is 1320. The van der Waals surface area contributed by atoms with Gasteiger partial charge in [0.2, 0.25) is 5.91 Å². The number of carbonyl (C=O) groups excluding carboxylic acids is 1. The van der Waals surface area contributed by atoms with E-state index in [1.165, 1.54) is 23.1 Å². The van der Waals surface area contributed by atoms with Crippen LogP contribution in [0.1, 0.15) is 16.0 Å². The van der Waals surface area contributed by atoms with Gasteiger partial charge in [0.25, 0.3) is 0 Å². The van der Waals surface area contributed by atoms with E-state index in [0.29, 0.717) is 23.3 Å². The van der Waals surface area contributed by atoms with Crippen molar-refractivity contribution in [3.05, 3.63) is 86.8 Å². The Hall–Kier alpha value is -2.46. The maximum atomic E-state index is 12.6. The quantitative estimate of drug-likeness (QED) is 0.179. The van der Waals surface area contributed by atoms with Crippen LogP contribution in [0.3, 0.4) is 0 Å². The number of hydrogen-bond donors (Lipinski definition) is 1. The number of thiazole rings is 1. The molecule has 0 saturated carbocycles. The molecule has 0 unspecified atom stereocenters. The Morgan fingerprint density at radius 1 is 1.26 bits per heavy atom. The van der Waals surface area contributed by atoms with Crippen molar-refractivity contribution >= 4 is 61.7 Å². The topological polar surface area (TPSA) is 72.7 Å². The Labute approximate surface area is 219 Å². The molecule has 0 radical (unpaired) electrons. The molecule has 1 amide bonds. The van der Waals surface area contributed by atoms with Gasteiger partial charge in [0, 0.05) is 39.1 Å². The zero-order valence-electron chi connectivity index (χ0n) is 18.3. The normalized spacial score (nSPS) is 10.9. The molecule has 0 aliphatic carbocycles. The number of carbonyl (C=O) groups is 1. The summed E-state index contributed by atoms with van der Waals surface area (Å²) in [4.78, 5) is 17.9. The molecule has 2 heterocycles. The van der Waals surface area contributed by atoms with Gasteiger partial charge in [-0.3, -0.25) is 9.36 Å². The second kappa shape index (κ2) is 11.3. The highest BCUT2D eigenvalue weighted by molar-refractivity contribution is 9.10. The zero-order valence-corrected chi connectivity index (χ0v) is 22.3. The molecular weight excluding hydrogens is 554 g/mol. The number of rotatable bonds is 9. The number of nitrogens with zero attached hydrogens (tertiary/aromatic N) is 4. The van der Waals surface area contributed by atoms with Crippen LogP contribution in [-0.4, -0.2) is 31.4 Å². The number of amides is 1. The molecule has 2 aromatic heterocycles. The van der Waals surface area contributed by atoms with Gasteiger partial charge in [0.05, 0.1) is 5.75 Å². The number of benzene rings is 2. The minimum absolute atomic E-state index is 0.150. The lowest BCUT2D eigenvalue weighted by Gasteiger charge is -2.08. The lowest BCUT2D eigenvalue weighted by atomic mass is 10.1. The fourth-order valence-electron chi connectivity index (χ4n) is 3.18. The van der Waals surface area contributed by atoms with Crippen LogP contribution in [0.25, 0.3) is 11.4 Å². The molecule has 4 rings (SSSR count). The summed E-state index contributed by atoms with van der Waals surface area (Å²) in [7, 11) is 0. The third kappa shape index (κ3) is 6.15. The second-order valence-electron chi connectivity index (χ2n) is 7.44. The third-order valence-corrected chi connectivity index (χ3v) is 7.69. The summed E-state index contributed by atoms with van der Waals surface area (Å²) in [5, 5.41) is 13.5. The first-order valence-corrected chi connectivity index (χ1v) is 13.3. The van der Waals surface area contributed by atoms with Gasteiger partial charge in [-0.05, 0) is 36.2 Å². The number of anilines is 1. The van der Waals surface area contributed by atoms with Crippen LogP contribution in [0, 0.1) is 6.92 Å². The monoisotopic (exact) mass is 573 g/mol. The van der Waals surface area contributed by atoms with Crippen LogP contribution in [0.5, 0.6) is 0 Å². The summed E-state index contributed by atoms with van der Waals surface area (Å²) < 4.78 is 2.94. The predicted molar refractivity (Wildman–Crippen MR) is 144 cm³/mol. The minimum Gasteiger partial charge on any atom is -0.301 e. The maximum Gasteiger partial charge on any atom is 0.236 e. The minimum atomic E-state index is -0.150. The number of halogens is 2. The molecule has 34 heavy (non-hydrogen) atoms. The number of allylic oxidation sites excluding steroid dienone is 1. The van der Waals surface area contributed by atoms with E-state index in [1.54, 1.807) is 12.3 Å². The predicted octanol–water partition coefficient (Wildman–Crippen LogP) is 6.63. The molecule has 0 atom stereocenters. The summed E-state index contributed by atoms with van der Waals surface area (Å²) in [6.07, 6.45) is 4.28. The van der Waals surface area contributed by atoms with Crippen LogP contribution in [0.4, 0.5) is 5.13 Å². The summed E-state index contributed by atoms with van der Waals surface area (Å²) in [5.41, 5.74) is 3.10. The van der Waals surface area contributed by atoms with E-state index < -0.39 is 0 Å². The van der Waals surface area contributed by atoms with E-state index in [2.05, 4.69) is 49.1 Å². The molecular formula is C24H21BrClN5OS2. The Morgan fingerprint density at radius 3 is 2.79 bits per heavy atom. The molecule has 0 bridgehead atoms. The molecule has 4 aromatic rings. The first-order chi connectivity index (χ1) is 16.4. The molecule has 0 spiro atoms. The molecule has 174 valence electrons. The lowest BCUT2D eigenvalue weighted by Crippen LogP contribution is -2.14. The average Bonchev–Trinajstić information content (AvgIpc) is 3.42. The fraction of sp³-hybridized carbons (Fsp3) is 0.167. The first kappa shape index (κ1) is 24.7. The van der Waals surface area contributed by atoms with Gasteiger partial charge in [-0.2, -0.15) is 0 Å². The summed E-state index contributed by atoms with van der Waals surface area (Å²) in [6, 6.07) is 13.9. The van der Waals surface area contributed by atoms with Crippen molar-refractivity contribution in [1.82, 2.24) is 19.7 Å². The highest BCUT2D eigenvalue weighted by Crippen LogP contribution is 2.27. The SMILES string of the molecule is C=CCn1c(SCC(=O)Nc2ncc(Cc3ccc(C)c(Cl)c3)s2)nnc1-c1ccc(Br)cc1. The molecule has 0 aliphatic rings. The van der Waals surface area contributed by atoms with Crippen molar-refractivity contribution in [2.45, 2.75) is 25.0 Å². The summed E-state index contributed by atoms with van der Waals surface area (Å²) >= 11 is 12.5. The van der Waals surface area contributed by atoms with Crippen molar-refractivity contribution in [2.24, 2.45) is 0 Å². The second-order valence-corrected chi connectivity index (χ2v) is 10.8. The largest absolute Gasteiger partial charge is 0.301 e. The highest BCUT2D eigenvalue weighted by Gasteiger charge is 2.16. The number of thioether (sulfide) groups is 1. The number of nitrogens with one attached hydrogen (secondary N) is 1. The van der Waals surface area contributed by atoms with Crippen LogP contribution < -0.4 is 5.32 Å². The third-order valence-electron chi connectivity index (χ3n) is 4.88. The van der Waals surface area contributed by atoms with E-state index in [0.717, 1.165) is 36.9 Å². The molecule has 0 saturated heterocycles. The average molecular weight is 575 g/mol. The fourth-order valence-corrected chi connectivity index (χ4v) is 5.26. The molecule has 10 heteroatoms. The standard InChI is InChI=1S/C24H21BrClN5OS2/c1-3-10-31-22(17-6-8-18(25)9-7-17)29-30-24(31)33-14-21(32)28-23-27-13-19(34-23)11-16-5-4-15(2)20(26)12-16/h3-9,12-13H,1,10-11,14H2,2H3,(H,27,28,32). The zero-order chi connectivity index (χ0) is 24.1. The Kier molecular flexibility index (Phi) is 8.20. The van der Waals surface area contributed by atoms with Gasteiger partial charge in [-0.25, -0.2) is 4.98 Å². The van der Waals surface area contributed by atoms with E-state index in [9.17, 15) is 4.79 Å². The van der Waals surface area contributed by atoms with Crippen molar-refractivity contribution < 1.29 is 4.79 Å². The molecule has 0 aliphatic heterocycles. The van der Waals surface area contributed by atoms with Crippen molar-refractivity contribution in [2.75, 3.05) is 11.1 Å².